The van der Waals surface area contributed by atoms with Crippen LogP contribution < -0.4 is 14.4 Å². The van der Waals surface area contributed by atoms with E-state index in [2.05, 4.69) is 20.8 Å². The monoisotopic (exact) mass is 542 g/mol. The molecular formula is C33H38N2O5. The van der Waals surface area contributed by atoms with Gasteiger partial charge in [-0.3, -0.25) is 9.59 Å². The Bertz CT molecular complexity index is 1420. The summed E-state index contributed by atoms with van der Waals surface area (Å²) in [6, 6.07) is 20.1. The van der Waals surface area contributed by atoms with Crippen molar-refractivity contribution >= 4 is 23.1 Å². The number of ketones is 1. The van der Waals surface area contributed by atoms with Crippen molar-refractivity contribution in [1.82, 2.24) is 4.90 Å². The van der Waals surface area contributed by atoms with E-state index >= 15 is 0 Å². The second-order valence-electron chi connectivity index (χ2n) is 11.2. The van der Waals surface area contributed by atoms with Crippen LogP contribution in [0.1, 0.15) is 49.1 Å². The number of nitrogens with zero attached hydrogens (tertiary/aromatic N) is 2. The van der Waals surface area contributed by atoms with Gasteiger partial charge in [-0.05, 0) is 64.9 Å². The summed E-state index contributed by atoms with van der Waals surface area (Å²) >= 11 is 0. The van der Waals surface area contributed by atoms with Gasteiger partial charge in [0.1, 0.15) is 17.3 Å². The van der Waals surface area contributed by atoms with Crippen LogP contribution in [0.15, 0.2) is 72.3 Å². The molecule has 7 nitrogen and oxygen atoms in total. The third kappa shape index (κ3) is 5.69. The highest BCUT2D eigenvalue weighted by Crippen LogP contribution is 2.42. The van der Waals surface area contributed by atoms with E-state index in [9.17, 15) is 14.7 Å². The summed E-state index contributed by atoms with van der Waals surface area (Å²) in [5.74, 6) is -0.414. The molecule has 40 heavy (non-hydrogen) atoms. The van der Waals surface area contributed by atoms with Crippen LogP contribution in [0.4, 0.5) is 5.69 Å². The zero-order valence-corrected chi connectivity index (χ0v) is 24.3. The molecule has 1 fully saturated rings. The molecule has 0 bridgehead atoms. The van der Waals surface area contributed by atoms with Crippen LogP contribution in [0.3, 0.4) is 0 Å². The van der Waals surface area contributed by atoms with Gasteiger partial charge in [-0.15, -0.1) is 0 Å². The van der Waals surface area contributed by atoms with E-state index in [1.807, 2.05) is 79.7 Å². The number of methoxy groups -OCH3 is 2. The minimum absolute atomic E-state index is 0.0571. The first-order chi connectivity index (χ1) is 19.0. The second kappa shape index (κ2) is 11.5. The quantitative estimate of drug-likeness (QED) is 0.222. The first-order valence-electron chi connectivity index (χ1n) is 13.3. The van der Waals surface area contributed by atoms with Gasteiger partial charge >= 0.3 is 0 Å². The number of amides is 1. The average molecular weight is 543 g/mol. The number of aliphatic hydroxyl groups excluding tert-OH is 1. The first kappa shape index (κ1) is 28.7. The SMILES string of the molecule is COc1ccc(CCN2C(=O)C(=O)/C(=C(/O)c3cc(C(C)(C)C)ccc3OC)C2c2ccc(N(C)C)cc2)cc1. The van der Waals surface area contributed by atoms with Crippen molar-refractivity contribution in [3.05, 3.63) is 94.6 Å². The lowest BCUT2D eigenvalue weighted by Crippen LogP contribution is -2.31. The predicted molar refractivity (Wildman–Crippen MR) is 158 cm³/mol. The molecule has 1 unspecified atom stereocenters. The number of carbonyl (C=O) groups is 2. The fourth-order valence-corrected chi connectivity index (χ4v) is 4.96. The highest BCUT2D eigenvalue weighted by atomic mass is 16.5. The molecule has 3 aromatic rings. The summed E-state index contributed by atoms with van der Waals surface area (Å²) in [5, 5.41) is 11.7. The number of benzene rings is 3. The van der Waals surface area contributed by atoms with Crippen molar-refractivity contribution in [2.45, 2.75) is 38.6 Å². The Balaban J connectivity index is 1.83. The van der Waals surface area contributed by atoms with Gasteiger partial charge in [0, 0.05) is 26.3 Å². The maximum absolute atomic E-state index is 13.6. The fraction of sp³-hybridized carbons (Fsp3) is 0.333. The number of hydrogen-bond donors (Lipinski definition) is 1. The van der Waals surface area contributed by atoms with Gasteiger partial charge in [0.05, 0.1) is 31.4 Å². The smallest absolute Gasteiger partial charge is 0.295 e. The zero-order valence-electron chi connectivity index (χ0n) is 24.3. The number of likely N-dealkylation sites (tertiary alicyclic amines) is 1. The third-order valence-electron chi connectivity index (χ3n) is 7.39. The standard InChI is InChI=1S/C33H38N2O5/c1-33(2,3)23-12-17-27(40-7)26(20-23)30(36)28-29(22-10-13-24(14-11-22)34(4)5)35(32(38)31(28)37)19-18-21-8-15-25(39-6)16-9-21/h8-17,20,29,36H,18-19H2,1-7H3/b30-28+. The van der Waals surface area contributed by atoms with Crippen molar-refractivity contribution in [3.63, 3.8) is 0 Å². The van der Waals surface area contributed by atoms with E-state index in [0.29, 0.717) is 24.3 Å². The molecule has 1 N–H and O–H groups in total. The van der Waals surface area contributed by atoms with E-state index in [-0.39, 0.29) is 16.7 Å². The van der Waals surface area contributed by atoms with Crippen molar-refractivity contribution in [2.24, 2.45) is 0 Å². The highest BCUT2D eigenvalue weighted by Gasteiger charge is 2.46. The van der Waals surface area contributed by atoms with Crippen LogP contribution in [0, 0.1) is 0 Å². The predicted octanol–water partition coefficient (Wildman–Crippen LogP) is 5.73. The molecule has 7 heteroatoms. The lowest BCUT2D eigenvalue weighted by Gasteiger charge is -2.26. The van der Waals surface area contributed by atoms with E-state index in [4.69, 9.17) is 9.47 Å². The minimum Gasteiger partial charge on any atom is -0.507 e. The van der Waals surface area contributed by atoms with Crippen LogP contribution >= 0.6 is 0 Å². The molecule has 1 aliphatic rings. The van der Waals surface area contributed by atoms with Crippen LogP contribution in [-0.2, 0) is 21.4 Å². The van der Waals surface area contributed by atoms with E-state index in [1.165, 1.54) is 7.11 Å². The maximum Gasteiger partial charge on any atom is 0.295 e. The largest absolute Gasteiger partial charge is 0.507 e. The van der Waals surface area contributed by atoms with Crippen molar-refractivity contribution in [1.29, 1.82) is 0 Å². The number of anilines is 1. The molecule has 0 aromatic heterocycles. The zero-order chi connectivity index (χ0) is 29.2. The van der Waals surface area contributed by atoms with Gasteiger partial charge in [0.25, 0.3) is 11.7 Å². The number of ether oxygens (including phenoxy) is 2. The molecule has 3 aromatic carbocycles. The summed E-state index contributed by atoms with van der Waals surface area (Å²) in [6.45, 7) is 6.52. The van der Waals surface area contributed by atoms with Crippen molar-refractivity contribution in [2.75, 3.05) is 39.8 Å². The molecule has 0 saturated carbocycles. The summed E-state index contributed by atoms with van der Waals surface area (Å²) in [6.07, 6.45) is 0.534. The molecule has 4 rings (SSSR count). The Hall–Kier alpha value is -4.26. The summed E-state index contributed by atoms with van der Waals surface area (Å²) in [7, 11) is 7.03. The average Bonchev–Trinajstić information content (AvgIpc) is 3.20. The van der Waals surface area contributed by atoms with E-state index in [0.717, 1.165) is 28.1 Å². The maximum atomic E-state index is 13.6. The number of hydrogen-bond acceptors (Lipinski definition) is 6. The molecule has 1 saturated heterocycles. The molecule has 1 aliphatic heterocycles. The fourth-order valence-electron chi connectivity index (χ4n) is 4.96. The van der Waals surface area contributed by atoms with Crippen LogP contribution in [0.25, 0.3) is 5.76 Å². The lowest BCUT2D eigenvalue weighted by atomic mass is 9.85. The van der Waals surface area contributed by atoms with Crippen molar-refractivity contribution < 1.29 is 24.2 Å². The highest BCUT2D eigenvalue weighted by molar-refractivity contribution is 6.46. The van der Waals surface area contributed by atoms with Gasteiger partial charge in [-0.25, -0.2) is 0 Å². The van der Waals surface area contributed by atoms with Gasteiger partial charge in [-0.2, -0.15) is 0 Å². The number of carbonyl (C=O) groups excluding carboxylic acids is 2. The minimum atomic E-state index is -0.752. The Labute approximate surface area is 236 Å². The number of rotatable bonds is 8. The summed E-state index contributed by atoms with van der Waals surface area (Å²) in [4.78, 5) is 30.6. The topological polar surface area (TPSA) is 79.3 Å². The molecular weight excluding hydrogens is 504 g/mol. The normalized spacial score (nSPS) is 16.8. The van der Waals surface area contributed by atoms with Crippen LogP contribution in [-0.4, -0.2) is 56.6 Å². The van der Waals surface area contributed by atoms with Gasteiger partial charge in [0.2, 0.25) is 0 Å². The molecule has 0 radical (unpaired) electrons. The lowest BCUT2D eigenvalue weighted by molar-refractivity contribution is -0.139. The summed E-state index contributed by atoms with van der Waals surface area (Å²) in [5.41, 5.74) is 3.94. The molecule has 0 aliphatic carbocycles. The number of aliphatic hydroxyl groups is 1. The van der Waals surface area contributed by atoms with Gasteiger partial charge in [-0.1, -0.05) is 51.1 Å². The number of Topliss-reactive ketones (excluding diaryl/α,β-unsaturated/α-hetero) is 1. The Morgan fingerprint density at radius 1 is 0.925 bits per heavy atom. The molecule has 1 atom stereocenters. The summed E-state index contributed by atoms with van der Waals surface area (Å²) < 4.78 is 10.8. The van der Waals surface area contributed by atoms with E-state index < -0.39 is 17.7 Å². The Kier molecular flexibility index (Phi) is 8.24. The Morgan fingerprint density at radius 2 is 1.57 bits per heavy atom. The third-order valence-corrected chi connectivity index (χ3v) is 7.39. The Morgan fingerprint density at radius 3 is 2.12 bits per heavy atom. The molecule has 210 valence electrons. The van der Waals surface area contributed by atoms with Gasteiger partial charge < -0.3 is 24.4 Å². The van der Waals surface area contributed by atoms with E-state index in [1.54, 1.807) is 18.1 Å². The van der Waals surface area contributed by atoms with Gasteiger partial charge in [0.15, 0.2) is 0 Å². The van der Waals surface area contributed by atoms with Crippen molar-refractivity contribution in [3.8, 4) is 11.5 Å². The van der Waals surface area contributed by atoms with Crippen LogP contribution in [0.5, 0.6) is 11.5 Å². The molecule has 1 amide bonds. The van der Waals surface area contributed by atoms with Crippen LogP contribution in [0.2, 0.25) is 0 Å². The molecule has 0 spiro atoms. The first-order valence-corrected chi connectivity index (χ1v) is 13.3. The second-order valence-corrected chi connectivity index (χ2v) is 11.2. The molecule has 1 heterocycles.